The Morgan fingerprint density at radius 1 is 1.42 bits per heavy atom. The first-order valence-electron chi connectivity index (χ1n) is 5.84. The molecule has 1 aromatic rings. The zero-order valence-electron chi connectivity index (χ0n) is 11.8. The highest BCUT2D eigenvalue weighted by molar-refractivity contribution is 5.87. The fourth-order valence-electron chi connectivity index (χ4n) is 1.51. The van der Waals surface area contributed by atoms with Crippen LogP contribution in [0.25, 0.3) is 0 Å². The normalized spacial score (nSPS) is 11.2. The van der Waals surface area contributed by atoms with Crippen molar-refractivity contribution >= 4 is 12.1 Å². The molecule has 0 radical (unpaired) electrons. The predicted octanol–water partition coefficient (Wildman–Crippen LogP) is 1.45. The first-order chi connectivity index (χ1) is 8.61. The number of nitrogens with zero attached hydrogens (tertiary/aromatic N) is 2. The second kappa shape index (κ2) is 5.29. The summed E-state index contributed by atoms with van der Waals surface area (Å²) in [4.78, 5) is 22.6. The summed E-state index contributed by atoms with van der Waals surface area (Å²) in [7, 11) is 1.65. The van der Waals surface area contributed by atoms with E-state index in [1.807, 2.05) is 0 Å². The Hall–Kier alpha value is -2.05. The summed E-state index contributed by atoms with van der Waals surface area (Å²) in [5.41, 5.74) is 0.509. The number of aryl methyl sites for hydroxylation is 1. The van der Waals surface area contributed by atoms with Crippen LogP contribution in [0.15, 0.2) is 0 Å². The molecule has 0 atom stereocenters. The van der Waals surface area contributed by atoms with Crippen molar-refractivity contribution < 1.29 is 19.4 Å². The molecule has 0 aliphatic rings. The first kappa shape index (κ1) is 15.0. The Morgan fingerprint density at radius 3 is 2.47 bits per heavy atom. The van der Waals surface area contributed by atoms with Crippen LogP contribution in [0.3, 0.4) is 0 Å². The number of carbonyl (C=O) groups excluding carboxylic acids is 1. The van der Waals surface area contributed by atoms with Gasteiger partial charge in [0.1, 0.15) is 5.60 Å². The second-order valence-electron chi connectivity index (χ2n) is 5.20. The van der Waals surface area contributed by atoms with Crippen LogP contribution in [-0.4, -0.2) is 32.6 Å². The van der Waals surface area contributed by atoms with Gasteiger partial charge in [-0.1, -0.05) is 0 Å². The van der Waals surface area contributed by atoms with Gasteiger partial charge in [-0.3, -0.25) is 4.68 Å². The average molecular weight is 269 g/mol. The van der Waals surface area contributed by atoms with Crippen LogP contribution in [0.5, 0.6) is 0 Å². The molecule has 0 aliphatic heterocycles. The minimum atomic E-state index is -1.12. The Labute approximate surface area is 111 Å². The number of carbonyl (C=O) groups is 2. The van der Waals surface area contributed by atoms with Crippen molar-refractivity contribution in [3.05, 3.63) is 17.0 Å². The van der Waals surface area contributed by atoms with E-state index in [-0.39, 0.29) is 12.2 Å². The van der Waals surface area contributed by atoms with Gasteiger partial charge < -0.3 is 15.2 Å². The van der Waals surface area contributed by atoms with E-state index < -0.39 is 17.7 Å². The van der Waals surface area contributed by atoms with Crippen LogP contribution in [0.4, 0.5) is 4.79 Å². The van der Waals surface area contributed by atoms with Crippen molar-refractivity contribution in [1.82, 2.24) is 15.1 Å². The maximum absolute atomic E-state index is 11.5. The Morgan fingerprint density at radius 2 is 2.00 bits per heavy atom. The number of rotatable bonds is 3. The number of aromatic nitrogens is 2. The molecule has 0 fully saturated rings. The minimum Gasteiger partial charge on any atom is -0.476 e. The van der Waals surface area contributed by atoms with E-state index in [1.165, 1.54) is 4.68 Å². The minimum absolute atomic E-state index is 0.0592. The number of amides is 1. The second-order valence-corrected chi connectivity index (χ2v) is 5.20. The van der Waals surface area contributed by atoms with Gasteiger partial charge in [0.25, 0.3) is 0 Å². The highest BCUT2D eigenvalue weighted by Crippen LogP contribution is 2.13. The van der Waals surface area contributed by atoms with Gasteiger partial charge in [0.15, 0.2) is 5.69 Å². The number of hydrogen-bond donors (Lipinski definition) is 2. The van der Waals surface area contributed by atoms with E-state index in [0.29, 0.717) is 11.3 Å². The van der Waals surface area contributed by atoms with Crippen molar-refractivity contribution in [2.75, 3.05) is 0 Å². The average Bonchev–Trinajstić information content (AvgIpc) is 2.51. The predicted molar refractivity (Wildman–Crippen MR) is 68.0 cm³/mol. The van der Waals surface area contributed by atoms with Crippen molar-refractivity contribution in [2.45, 2.75) is 39.8 Å². The summed E-state index contributed by atoms with van der Waals surface area (Å²) < 4.78 is 6.55. The number of ether oxygens (including phenoxy) is 1. The van der Waals surface area contributed by atoms with Gasteiger partial charge in [0, 0.05) is 18.3 Å². The molecule has 19 heavy (non-hydrogen) atoms. The number of hydrogen-bond acceptors (Lipinski definition) is 4. The molecule has 0 bridgehead atoms. The molecule has 106 valence electrons. The molecule has 0 saturated heterocycles. The molecule has 7 nitrogen and oxygen atoms in total. The highest BCUT2D eigenvalue weighted by Gasteiger charge is 2.21. The Kier molecular flexibility index (Phi) is 4.18. The van der Waals surface area contributed by atoms with Crippen molar-refractivity contribution in [3.8, 4) is 0 Å². The number of nitrogens with one attached hydrogen (secondary N) is 1. The molecule has 1 amide bonds. The molecule has 1 heterocycles. The van der Waals surface area contributed by atoms with Crippen LogP contribution < -0.4 is 5.32 Å². The van der Waals surface area contributed by atoms with Gasteiger partial charge in [-0.15, -0.1) is 0 Å². The number of alkyl carbamates (subject to hydrolysis) is 1. The number of carboxylic acids is 1. The van der Waals surface area contributed by atoms with Crippen LogP contribution >= 0.6 is 0 Å². The van der Waals surface area contributed by atoms with Gasteiger partial charge in [0.2, 0.25) is 0 Å². The quantitative estimate of drug-likeness (QED) is 0.866. The van der Waals surface area contributed by atoms with E-state index in [0.717, 1.165) is 0 Å². The third-order valence-electron chi connectivity index (χ3n) is 2.47. The molecule has 0 aliphatic carbocycles. The van der Waals surface area contributed by atoms with E-state index in [2.05, 4.69) is 10.4 Å². The zero-order chi connectivity index (χ0) is 14.8. The van der Waals surface area contributed by atoms with Crippen molar-refractivity contribution in [2.24, 2.45) is 7.05 Å². The lowest BCUT2D eigenvalue weighted by atomic mass is 10.2. The molecule has 0 unspecified atom stereocenters. The molecule has 7 heteroatoms. The maximum Gasteiger partial charge on any atom is 0.407 e. The molecule has 1 aromatic heterocycles. The Bertz CT molecular complexity index is 500. The lowest BCUT2D eigenvalue weighted by Crippen LogP contribution is -2.32. The molecule has 0 saturated carbocycles. The fourth-order valence-corrected chi connectivity index (χ4v) is 1.51. The van der Waals surface area contributed by atoms with Crippen LogP contribution in [0.2, 0.25) is 0 Å². The standard InChI is InChI=1S/C12H19N3O4/c1-7-8(9(10(16)17)14-15(7)5)6-13-11(18)19-12(2,3)4/h6H2,1-5H3,(H,13,18)(H,16,17). The summed E-state index contributed by atoms with van der Waals surface area (Å²) in [6, 6.07) is 0. The third kappa shape index (κ3) is 3.97. The summed E-state index contributed by atoms with van der Waals surface area (Å²) in [5, 5.41) is 15.4. The van der Waals surface area contributed by atoms with Crippen molar-refractivity contribution in [3.63, 3.8) is 0 Å². The van der Waals surface area contributed by atoms with E-state index in [9.17, 15) is 9.59 Å². The zero-order valence-corrected chi connectivity index (χ0v) is 11.8. The van der Waals surface area contributed by atoms with E-state index in [4.69, 9.17) is 9.84 Å². The summed E-state index contributed by atoms with van der Waals surface area (Å²) in [6.07, 6.45) is -0.591. The van der Waals surface area contributed by atoms with Gasteiger partial charge >= 0.3 is 12.1 Å². The van der Waals surface area contributed by atoms with Gasteiger partial charge in [-0.2, -0.15) is 5.10 Å². The first-order valence-corrected chi connectivity index (χ1v) is 5.84. The molecular weight excluding hydrogens is 250 g/mol. The smallest absolute Gasteiger partial charge is 0.407 e. The Balaban J connectivity index is 2.78. The maximum atomic E-state index is 11.5. The van der Waals surface area contributed by atoms with Crippen LogP contribution in [0.1, 0.15) is 42.5 Å². The van der Waals surface area contributed by atoms with Crippen molar-refractivity contribution in [1.29, 1.82) is 0 Å². The largest absolute Gasteiger partial charge is 0.476 e. The monoisotopic (exact) mass is 269 g/mol. The van der Waals surface area contributed by atoms with Crippen LogP contribution in [-0.2, 0) is 18.3 Å². The molecule has 0 spiro atoms. The van der Waals surface area contributed by atoms with E-state index >= 15 is 0 Å². The molecule has 1 rings (SSSR count). The summed E-state index contributed by atoms with van der Waals surface area (Å²) in [6.45, 7) is 7.07. The van der Waals surface area contributed by atoms with Gasteiger partial charge in [-0.05, 0) is 27.7 Å². The molecule has 2 N–H and O–H groups in total. The highest BCUT2D eigenvalue weighted by atomic mass is 16.6. The summed E-state index contributed by atoms with van der Waals surface area (Å²) >= 11 is 0. The van der Waals surface area contributed by atoms with Gasteiger partial charge in [0.05, 0.1) is 6.54 Å². The molecule has 0 aromatic carbocycles. The topological polar surface area (TPSA) is 93.4 Å². The lowest BCUT2D eigenvalue weighted by Gasteiger charge is -2.19. The summed E-state index contributed by atoms with van der Waals surface area (Å²) in [5.74, 6) is -1.12. The lowest BCUT2D eigenvalue weighted by molar-refractivity contribution is 0.0520. The SMILES string of the molecule is Cc1c(CNC(=O)OC(C)(C)C)c(C(=O)O)nn1C. The van der Waals surface area contributed by atoms with Crippen LogP contribution in [0, 0.1) is 6.92 Å². The number of carboxylic acid groups (broad SMARTS) is 1. The van der Waals surface area contributed by atoms with Gasteiger partial charge in [-0.25, -0.2) is 9.59 Å². The van der Waals surface area contributed by atoms with E-state index in [1.54, 1.807) is 34.7 Å². The molecular formula is C12H19N3O4. The number of aromatic carboxylic acids is 1. The fraction of sp³-hybridized carbons (Fsp3) is 0.583. The third-order valence-corrected chi connectivity index (χ3v) is 2.47.